The molecule has 0 radical (unpaired) electrons. The van der Waals surface area contributed by atoms with Gasteiger partial charge in [-0.25, -0.2) is 4.98 Å². The highest BCUT2D eigenvalue weighted by Crippen LogP contribution is 2.62. The molecule has 1 aromatic heterocycles. The van der Waals surface area contributed by atoms with E-state index in [1.807, 2.05) is 0 Å². The Hall–Kier alpha value is -1.45. The van der Waals surface area contributed by atoms with Crippen molar-refractivity contribution in [2.24, 2.45) is 5.41 Å². The zero-order valence-corrected chi connectivity index (χ0v) is 18.0. The molecule has 0 bridgehead atoms. The minimum absolute atomic E-state index is 0.00718. The van der Waals surface area contributed by atoms with Gasteiger partial charge in [-0.3, -0.25) is 18.9 Å². The molecule has 27 heavy (non-hydrogen) atoms. The number of ether oxygens (including phenoxy) is 1. The first-order valence-corrected chi connectivity index (χ1v) is 10.9. The SMILES string of the molecule is CC(C)(C)C(=O)OC1=C(c2cc(Cl)ccc2Br)S(O)(O)Cc2nccnc21. The smallest absolute Gasteiger partial charge is 0.316 e. The molecular formula is C18H18BrClN2O4S. The van der Waals surface area contributed by atoms with Crippen LogP contribution in [0.25, 0.3) is 10.7 Å². The topological polar surface area (TPSA) is 92.5 Å². The molecule has 0 saturated heterocycles. The molecule has 144 valence electrons. The molecule has 0 amide bonds. The summed E-state index contributed by atoms with van der Waals surface area (Å²) >= 11 is 9.53. The molecule has 0 aliphatic carbocycles. The van der Waals surface area contributed by atoms with Gasteiger partial charge >= 0.3 is 5.97 Å². The average molecular weight is 474 g/mol. The van der Waals surface area contributed by atoms with Crippen molar-refractivity contribution in [3.8, 4) is 0 Å². The van der Waals surface area contributed by atoms with Gasteiger partial charge in [0.25, 0.3) is 0 Å². The Labute approximate surface area is 172 Å². The number of benzene rings is 1. The van der Waals surface area contributed by atoms with E-state index in [1.165, 1.54) is 12.4 Å². The van der Waals surface area contributed by atoms with Crippen LogP contribution in [0.2, 0.25) is 5.02 Å². The Morgan fingerprint density at radius 1 is 1.26 bits per heavy atom. The largest absolute Gasteiger partial charge is 0.422 e. The highest BCUT2D eigenvalue weighted by atomic mass is 79.9. The van der Waals surface area contributed by atoms with E-state index in [1.54, 1.807) is 39.0 Å². The molecule has 0 unspecified atom stereocenters. The number of nitrogens with zero attached hydrogens (tertiary/aromatic N) is 2. The van der Waals surface area contributed by atoms with Crippen molar-refractivity contribution in [1.82, 2.24) is 9.97 Å². The minimum Gasteiger partial charge on any atom is -0.422 e. The summed E-state index contributed by atoms with van der Waals surface area (Å²) in [5.41, 5.74) is 0.293. The fourth-order valence-electron chi connectivity index (χ4n) is 2.49. The molecular weight excluding hydrogens is 456 g/mol. The van der Waals surface area contributed by atoms with Gasteiger partial charge in [-0.05, 0) is 39.0 Å². The van der Waals surface area contributed by atoms with Crippen molar-refractivity contribution < 1.29 is 18.6 Å². The third kappa shape index (κ3) is 4.05. The van der Waals surface area contributed by atoms with Gasteiger partial charge in [0, 0.05) is 27.5 Å². The lowest BCUT2D eigenvalue weighted by Crippen LogP contribution is -2.25. The predicted octanol–water partition coefficient (Wildman–Crippen LogP) is 5.57. The number of hydrogen-bond acceptors (Lipinski definition) is 6. The normalized spacial score (nSPS) is 17.3. The number of carbonyl (C=O) groups is 1. The number of esters is 1. The minimum atomic E-state index is -3.36. The van der Waals surface area contributed by atoms with Gasteiger partial charge in [0.05, 0.1) is 16.9 Å². The summed E-state index contributed by atoms with van der Waals surface area (Å²) in [5.74, 6) is -0.657. The number of halogens is 2. The number of aromatic nitrogens is 2. The van der Waals surface area contributed by atoms with E-state index < -0.39 is 22.0 Å². The van der Waals surface area contributed by atoms with Crippen molar-refractivity contribution in [2.75, 3.05) is 0 Å². The van der Waals surface area contributed by atoms with E-state index in [2.05, 4.69) is 25.9 Å². The summed E-state index contributed by atoms with van der Waals surface area (Å²) in [5, 5.41) is 0.405. The summed E-state index contributed by atoms with van der Waals surface area (Å²) in [7, 11) is -3.36. The quantitative estimate of drug-likeness (QED) is 0.554. The maximum Gasteiger partial charge on any atom is 0.316 e. The van der Waals surface area contributed by atoms with E-state index in [9.17, 15) is 13.9 Å². The van der Waals surface area contributed by atoms with Crippen molar-refractivity contribution >= 4 is 54.8 Å². The Morgan fingerprint density at radius 2 is 1.93 bits per heavy atom. The summed E-state index contributed by atoms with van der Waals surface area (Å²) in [4.78, 5) is 21.1. The van der Waals surface area contributed by atoms with Crippen LogP contribution in [0.1, 0.15) is 37.7 Å². The standard InChI is InChI=1S/C18H18BrClN2O4S/c1-18(2,3)17(23)26-15-14-13(21-6-7-22-14)9-27(24,25)16(15)11-8-10(20)4-5-12(11)19/h4-8,24-25H,9H2,1-3H3. The Balaban J connectivity index is 2.32. The molecule has 6 nitrogen and oxygen atoms in total. The van der Waals surface area contributed by atoms with Crippen LogP contribution in [-0.2, 0) is 15.3 Å². The van der Waals surface area contributed by atoms with Gasteiger partial charge < -0.3 is 4.74 Å². The first-order chi connectivity index (χ1) is 12.5. The first-order valence-electron chi connectivity index (χ1n) is 7.99. The second-order valence-electron chi connectivity index (χ2n) is 7.08. The molecule has 0 fully saturated rings. The summed E-state index contributed by atoms with van der Waals surface area (Å²) in [6.45, 7) is 5.13. The maximum absolute atomic E-state index is 12.6. The third-order valence-corrected chi connectivity index (χ3v) is 6.50. The van der Waals surface area contributed by atoms with Crippen molar-refractivity contribution in [3.63, 3.8) is 0 Å². The summed E-state index contributed by atoms with van der Waals surface area (Å²) < 4.78 is 28.0. The van der Waals surface area contributed by atoms with E-state index in [-0.39, 0.29) is 16.4 Å². The molecule has 2 N–H and O–H groups in total. The average Bonchev–Trinajstić information content (AvgIpc) is 2.56. The molecule has 0 saturated carbocycles. The van der Waals surface area contributed by atoms with E-state index in [0.717, 1.165) is 0 Å². The second-order valence-corrected chi connectivity index (χ2v) is 10.4. The molecule has 0 spiro atoms. The molecule has 3 rings (SSSR count). The van der Waals surface area contributed by atoms with Crippen LogP contribution in [0.15, 0.2) is 35.1 Å². The van der Waals surface area contributed by atoms with E-state index >= 15 is 0 Å². The lowest BCUT2D eigenvalue weighted by Gasteiger charge is -2.39. The van der Waals surface area contributed by atoms with Gasteiger partial charge in [-0.1, -0.05) is 27.5 Å². The van der Waals surface area contributed by atoms with E-state index in [0.29, 0.717) is 26.4 Å². The fourth-order valence-corrected chi connectivity index (χ4v) is 4.93. The lowest BCUT2D eigenvalue weighted by atomic mass is 9.97. The van der Waals surface area contributed by atoms with Gasteiger partial charge in [0.1, 0.15) is 10.6 Å². The van der Waals surface area contributed by atoms with Gasteiger partial charge in [-0.2, -0.15) is 10.6 Å². The highest BCUT2D eigenvalue weighted by molar-refractivity contribution is 9.10. The number of fused-ring (bicyclic) bond motifs is 1. The molecule has 1 aromatic carbocycles. The molecule has 2 heterocycles. The van der Waals surface area contributed by atoms with Gasteiger partial charge in [-0.15, -0.1) is 0 Å². The van der Waals surface area contributed by atoms with E-state index in [4.69, 9.17) is 16.3 Å². The van der Waals surface area contributed by atoms with Crippen molar-refractivity contribution in [2.45, 2.75) is 26.5 Å². The first kappa shape index (κ1) is 20.3. The van der Waals surface area contributed by atoms with Crippen LogP contribution in [0.3, 0.4) is 0 Å². The third-order valence-electron chi connectivity index (χ3n) is 3.84. The van der Waals surface area contributed by atoms with Crippen LogP contribution < -0.4 is 0 Å². The van der Waals surface area contributed by atoms with Crippen molar-refractivity contribution in [1.29, 1.82) is 0 Å². The van der Waals surface area contributed by atoms with Gasteiger partial charge in [0.15, 0.2) is 5.76 Å². The highest BCUT2D eigenvalue weighted by Gasteiger charge is 2.38. The van der Waals surface area contributed by atoms with Crippen LogP contribution in [0.5, 0.6) is 0 Å². The Kier molecular flexibility index (Phi) is 5.39. The predicted molar refractivity (Wildman–Crippen MR) is 110 cm³/mol. The van der Waals surface area contributed by atoms with Gasteiger partial charge in [0.2, 0.25) is 0 Å². The molecule has 2 aromatic rings. The van der Waals surface area contributed by atoms with Crippen LogP contribution >= 0.6 is 38.1 Å². The molecule has 0 atom stereocenters. The fraction of sp³-hybridized carbons (Fsp3) is 0.278. The number of rotatable bonds is 2. The zero-order chi connectivity index (χ0) is 20.0. The molecule has 1 aliphatic rings. The zero-order valence-electron chi connectivity index (χ0n) is 14.9. The molecule has 1 aliphatic heterocycles. The molecule has 9 heteroatoms. The number of carbonyl (C=O) groups excluding carboxylic acids is 1. The Morgan fingerprint density at radius 3 is 2.59 bits per heavy atom. The summed E-state index contributed by atoms with van der Waals surface area (Å²) in [6.07, 6.45) is 2.92. The Bertz CT molecular complexity index is 957. The monoisotopic (exact) mass is 472 g/mol. The second kappa shape index (κ2) is 7.18. The maximum atomic E-state index is 12.6. The van der Waals surface area contributed by atoms with Crippen LogP contribution in [-0.4, -0.2) is 25.0 Å². The van der Waals surface area contributed by atoms with Crippen LogP contribution in [0, 0.1) is 5.41 Å². The van der Waals surface area contributed by atoms with Crippen LogP contribution in [0.4, 0.5) is 0 Å². The number of hydrogen-bond donors (Lipinski definition) is 2. The lowest BCUT2D eigenvalue weighted by molar-refractivity contribution is -0.145. The summed E-state index contributed by atoms with van der Waals surface area (Å²) in [6, 6.07) is 4.94. The van der Waals surface area contributed by atoms with Crippen molar-refractivity contribution in [3.05, 3.63) is 57.0 Å².